The number of hydrogen-bond donors (Lipinski definition) is 1. The first-order chi connectivity index (χ1) is 14.5. The highest BCUT2D eigenvalue weighted by atomic mass is 19.1. The highest BCUT2D eigenvalue weighted by molar-refractivity contribution is 5.93. The molecule has 1 aliphatic heterocycles. The van der Waals surface area contributed by atoms with E-state index in [-0.39, 0.29) is 17.6 Å². The number of nitrogens with zero attached hydrogens (tertiary/aromatic N) is 3. The molecule has 2 heterocycles. The zero-order valence-electron chi connectivity index (χ0n) is 17.2. The van der Waals surface area contributed by atoms with Gasteiger partial charge in [-0.1, -0.05) is 17.3 Å². The van der Waals surface area contributed by atoms with Gasteiger partial charge >= 0.3 is 0 Å². The minimum atomic E-state index is -0.303. The monoisotopic (exact) mass is 408 g/mol. The minimum absolute atomic E-state index is 0.00112. The molecule has 0 spiro atoms. The second-order valence-corrected chi connectivity index (χ2v) is 7.81. The summed E-state index contributed by atoms with van der Waals surface area (Å²) < 4.78 is 18.4. The van der Waals surface area contributed by atoms with Crippen molar-refractivity contribution in [3.63, 3.8) is 0 Å². The summed E-state index contributed by atoms with van der Waals surface area (Å²) in [6, 6.07) is 11.9. The second-order valence-electron chi connectivity index (χ2n) is 7.81. The third-order valence-electron chi connectivity index (χ3n) is 5.75. The van der Waals surface area contributed by atoms with Crippen LogP contribution in [0, 0.1) is 25.6 Å². The molecule has 1 fully saturated rings. The maximum atomic E-state index is 13.1. The number of amides is 1. The molecule has 1 N–H and O–H groups in total. The SMILES string of the molecule is Cc1cccc(NC(=O)C2CCN(Cc3noc(-c4ccc(F)cc4)n3)CC2)c1C. The Morgan fingerprint density at radius 1 is 1.17 bits per heavy atom. The molecule has 0 atom stereocenters. The Morgan fingerprint density at radius 2 is 1.90 bits per heavy atom. The van der Waals surface area contributed by atoms with E-state index in [1.165, 1.54) is 17.7 Å². The van der Waals surface area contributed by atoms with Crippen molar-refractivity contribution < 1.29 is 13.7 Å². The van der Waals surface area contributed by atoms with Gasteiger partial charge in [-0.2, -0.15) is 4.98 Å². The minimum Gasteiger partial charge on any atom is -0.334 e. The molecule has 0 unspecified atom stereocenters. The molecule has 156 valence electrons. The van der Waals surface area contributed by atoms with Gasteiger partial charge in [-0.25, -0.2) is 4.39 Å². The molecule has 30 heavy (non-hydrogen) atoms. The van der Waals surface area contributed by atoms with Crippen LogP contribution < -0.4 is 5.32 Å². The van der Waals surface area contributed by atoms with Gasteiger partial charge < -0.3 is 9.84 Å². The summed E-state index contributed by atoms with van der Waals surface area (Å²) in [6.45, 7) is 6.23. The van der Waals surface area contributed by atoms with Crippen LogP contribution in [0.3, 0.4) is 0 Å². The van der Waals surface area contributed by atoms with Crippen LogP contribution in [0.25, 0.3) is 11.5 Å². The number of carbonyl (C=O) groups excluding carboxylic acids is 1. The number of aryl methyl sites for hydroxylation is 1. The fourth-order valence-electron chi connectivity index (χ4n) is 3.70. The van der Waals surface area contributed by atoms with Crippen LogP contribution in [-0.2, 0) is 11.3 Å². The Kier molecular flexibility index (Phi) is 5.90. The number of benzene rings is 2. The van der Waals surface area contributed by atoms with Crippen LogP contribution >= 0.6 is 0 Å². The Labute approximate surface area is 175 Å². The normalized spacial score (nSPS) is 15.3. The van der Waals surface area contributed by atoms with Crippen molar-refractivity contribution in [2.45, 2.75) is 33.2 Å². The lowest BCUT2D eigenvalue weighted by Gasteiger charge is -2.30. The summed E-state index contributed by atoms with van der Waals surface area (Å²) in [5, 5.41) is 7.12. The summed E-state index contributed by atoms with van der Waals surface area (Å²) in [5.74, 6) is 0.756. The zero-order chi connectivity index (χ0) is 21.1. The van der Waals surface area contributed by atoms with E-state index in [4.69, 9.17) is 4.52 Å². The number of aromatic nitrogens is 2. The lowest BCUT2D eigenvalue weighted by atomic mass is 9.95. The van der Waals surface area contributed by atoms with Crippen molar-refractivity contribution >= 4 is 11.6 Å². The fraction of sp³-hybridized carbons (Fsp3) is 0.348. The summed E-state index contributed by atoms with van der Waals surface area (Å²) in [5.41, 5.74) is 3.86. The second kappa shape index (κ2) is 8.75. The lowest BCUT2D eigenvalue weighted by molar-refractivity contribution is -0.121. The number of nitrogens with one attached hydrogen (secondary N) is 1. The van der Waals surface area contributed by atoms with Gasteiger partial charge in [0.05, 0.1) is 6.54 Å². The maximum absolute atomic E-state index is 13.1. The van der Waals surface area contributed by atoms with E-state index in [2.05, 4.69) is 20.4 Å². The average molecular weight is 408 g/mol. The van der Waals surface area contributed by atoms with Gasteiger partial charge in [0.1, 0.15) is 5.82 Å². The van der Waals surface area contributed by atoms with Crippen LogP contribution in [-0.4, -0.2) is 34.0 Å². The van der Waals surface area contributed by atoms with Crippen LogP contribution in [0.2, 0.25) is 0 Å². The van der Waals surface area contributed by atoms with E-state index in [1.807, 2.05) is 32.0 Å². The molecule has 0 bridgehead atoms. The highest BCUT2D eigenvalue weighted by Gasteiger charge is 2.26. The molecule has 1 aromatic heterocycles. The summed E-state index contributed by atoms with van der Waals surface area (Å²) in [6.07, 6.45) is 1.58. The number of anilines is 1. The standard InChI is InChI=1S/C23H25FN4O2/c1-15-4-3-5-20(16(15)2)25-22(29)17-10-12-28(13-11-17)14-21-26-23(30-27-21)18-6-8-19(24)9-7-18/h3-9,17H,10-14H2,1-2H3,(H,25,29). The van der Waals surface area contributed by atoms with Gasteiger partial charge in [-0.3, -0.25) is 9.69 Å². The molecule has 3 aromatic rings. The van der Waals surface area contributed by atoms with E-state index < -0.39 is 0 Å². The van der Waals surface area contributed by atoms with Crippen molar-refractivity contribution in [1.29, 1.82) is 0 Å². The van der Waals surface area contributed by atoms with Gasteiger partial charge in [0.15, 0.2) is 5.82 Å². The molecule has 4 rings (SSSR count). The predicted molar refractivity (Wildman–Crippen MR) is 112 cm³/mol. The molecule has 0 saturated carbocycles. The molecule has 1 amide bonds. The van der Waals surface area contributed by atoms with Crippen molar-refractivity contribution in [2.75, 3.05) is 18.4 Å². The van der Waals surface area contributed by atoms with Gasteiger partial charge in [-0.05, 0) is 81.2 Å². The van der Waals surface area contributed by atoms with E-state index in [1.54, 1.807) is 12.1 Å². The van der Waals surface area contributed by atoms with Crippen LogP contribution in [0.1, 0.15) is 29.8 Å². The van der Waals surface area contributed by atoms with Gasteiger partial charge in [0, 0.05) is 17.2 Å². The highest BCUT2D eigenvalue weighted by Crippen LogP contribution is 2.24. The maximum Gasteiger partial charge on any atom is 0.257 e. The molecule has 6 nitrogen and oxygen atoms in total. The summed E-state index contributed by atoms with van der Waals surface area (Å²) >= 11 is 0. The van der Waals surface area contributed by atoms with E-state index in [0.717, 1.165) is 37.2 Å². The third kappa shape index (κ3) is 4.57. The topological polar surface area (TPSA) is 71.3 Å². The number of likely N-dealkylation sites (tertiary alicyclic amines) is 1. The molecule has 0 aliphatic carbocycles. The smallest absolute Gasteiger partial charge is 0.257 e. The Hall–Kier alpha value is -3.06. The van der Waals surface area contributed by atoms with Gasteiger partial charge in [0.2, 0.25) is 5.91 Å². The number of piperidine rings is 1. The zero-order valence-corrected chi connectivity index (χ0v) is 17.2. The summed E-state index contributed by atoms with van der Waals surface area (Å²) in [4.78, 5) is 19.3. The molecule has 1 aliphatic rings. The van der Waals surface area contributed by atoms with Crippen LogP contribution in [0.4, 0.5) is 10.1 Å². The number of carbonyl (C=O) groups is 1. The fourth-order valence-corrected chi connectivity index (χ4v) is 3.70. The largest absolute Gasteiger partial charge is 0.334 e. The van der Waals surface area contributed by atoms with Crippen molar-refractivity contribution in [3.05, 3.63) is 65.2 Å². The van der Waals surface area contributed by atoms with Crippen LogP contribution in [0.15, 0.2) is 47.0 Å². The van der Waals surface area contributed by atoms with Crippen molar-refractivity contribution in [1.82, 2.24) is 15.0 Å². The van der Waals surface area contributed by atoms with Gasteiger partial charge in [0.25, 0.3) is 5.89 Å². The Morgan fingerprint density at radius 3 is 2.63 bits per heavy atom. The molecular formula is C23H25FN4O2. The molecular weight excluding hydrogens is 383 g/mol. The van der Waals surface area contributed by atoms with Crippen molar-refractivity contribution in [2.24, 2.45) is 5.92 Å². The van der Waals surface area contributed by atoms with Gasteiger partial charge in [-0.15, -0.1) is 0 Å². The summed E-state index contributed by atoms with van der Waals surface area (Å²) in [7, 11) is 0. The molecule has 2 aromatic carbocycles. The first-order valence-corrected chi connectivity index (χ1v) is 10.2. The van der Waals surface area contributed by atoms with E-state index in [9.17, 15) is 9.18 Å². The molecule has 7 heteroatoms. The first-order valence-electron chi connectivity index (χ1n) is 10.2. The number of hydrogen-bond acceptors (Lipinski definition) is 5. The lowest BCUT2D eigenvalue weighted by Crippen LogP contribution is -2.38. The van der Waals surface area contributed by atoms with Crippen molar-refractivity contribution in [3.8, 4) is 11.5 Å². The number of rotatable bonds is 5. The first kappa shape index (κ1) is 20.2. The Balaban J connectivity index is 1.30. The third-order valence-corrected chi connectivity index (χ3v) is 5.75. The molecule has 1 saturated heterocycles. The van der Waals surface area contributed by atoms with E-state index in [0.29, 0.717) is 23.8 Å². The van der Waals surface area contributed by atoms with Crippen LogP contribution in [0.5, 0.6) is 0 Å². The van der Waals surface area contributed by atoms with E-state index >= 15 is 0 Å². The number of halogens is 1. The predicted octanol–water partition coefficient (Wildman–Crippen LogP) is 4.34. The molecule has 0 radical (unpaired) electrons. The average Bonchev–Trinajstić information content (AvgIpc) is 3.21. The Bertz CT molecular complexity index is 1020. The quantitative estimate of drug-likeness (QED) is 0.680.